The highest BCUT2D eigenvalue weighted by molar-refractivity contribution is 5.73. The molecule has 29 heavy (non-hydrogen) atoms. The van der Waals surface area contributed by atoms with Crippen LogP contribution in [0.3, 0.4) is 0 Å². The minimum absolute atomic E-state index is 0.154. The van der Waals surface area contributed by atoms with Crippen molar-refractivity contribution < 1.29 is 13.9 Å². The molecule has 4 heteroatoms. The van der Waals surface area contributed by atoms with Crippen LogP contribution in [0.5, 0.6) is 0 Å². The molecular formula is C25H26FNO2. The van der Waals surface area contributed by atoms with Crippen molar-refractivity contribution in [2.75, 3.05) is 19.1 Å². The molecule has 0 saturated carbocycles. The van der Waals surface area contributed by atoms with Crippen LogP contribution in [0, 0.1) is 5.82 Å². The van der Waals surface area contributed by atoms with E-state index in [4.69, 9.17) is 4.74 Å². The minimum Gasteiger partial charge on any atom is -0.469 e. The van der Waals surface area contributed by atoms with E-state index < -0.39 is 0 Å². The summed E-state index contributed by atoms with van der Waals surface area (Å²) in [6.07, 6.45) is 0.909. The SMILES string of the molecule is CCc1cccc(-c2cccc(N(C)Cc3ccccc3CC(=O)OC)c2)c1F. The van der Waals surface area contributed by atoms with Crippen LogP contribution < -0.4 is 4.90 Å². The van der Waals surface area contributed by atoms with Gasteiger partial charge < -0.3 is 9.64 Å². The zero-order valence-corrected chi connectivity index (χ0v) is 17.1. The topological polar surface area (TPSA) is 29.5 Å². The summed E-state index contributed by atoms with van der Waals surface area (Å²) in [7, 11) is 3.39. The van der Waals surface area contributed by atoms with Crippen LogP contribution in [-0.2, 0) is 28.9 Å². The second-order valence-electron chi connectivity index (χ2n) is 7.06. The van der Waals surface area contributed by atoms with E-state index in [1.165, 1.54) is 7.11 Å². The standard InChI is InChI=1S/C25H26FNO2/c1-4-18-11-8-14-23(25(18)26)20-12-7-13-22(15-20)27(2)17-21-10-6-5-9-19(21)16-24(28)29-3/h5-15H,4,16-17H2,1-3H3. The minimum atomic E-state index is -0.256. The number of hydrogen-bond acceptors (Lipinski definition) is 3. The number of benzene rings is 3. The summed E-state index contributed by atoms with van der Waals surface area (Å²) in [6.45, 7) is 2.59. The van der Waals surface area contributed by atoms with Crippen molar-refractivity contribution in [3.63, 3.8) is 0 Å². The van der Waals surface area contributed by atoms with E-state index in [2.05, 4.69) is 4.90 Å². The number of halogens is 1. The van der Waals surface area contributed by atoms with Crippen molar-refractivity contribution >= 4 is 11.7 Å². The Morgan fingerprint density at radius 3 is 2.38 bits per heavy atom. The lowest BCUT2D eigenvalue weighted by Crippen LogP contribution is -2.18. The summed E-state index contributed by atoms with van der Waals surface area (Å²) in [6, 6.07) is 21.3. The number of nitrogens with zero attached hydrogens (tertiary/aromatic N) is 1. The summed E-state index contributed by atoms with van der Waals surface area (Å²) in [5.41, 5.74) is 5.18. The molecule has 0 radical (unpaired) electrons. The predicted molar refractivity (Wildman–Crippen MR) is 115 cm³/mol. The maximum absolute atomic E-state index is 14.8. The van der Waals surface area contributed by atoms with Crippen LogP contribution in [0.25, 0.3) is 11.1 Å². The lowest BCUT2D eigenvalue weighted by molar-refractivity contribution is -0.139. The van der Waals surface area contributed by atoms with Crippen LogP contribution in [0.4, 0.5) is 10.1 Å². The first-order chi connectivity index (χ1) is 14.0. The van der Waals surface area contributed by atoms with E-state index in [9.17, 15) is 9.18 Å². The Kier molecular flexibility index (Phi) is 6.65. The number of ether oxygens (including phenoxy) is 1. The number of esters is 1. The fourth-order valence-electron chi connectivity index (χ4n) is 3.45. The van der Waals surface area contributed by atoms with Crippen molar-refractivity contribution in [3.8, 4) is 11.1 Å². The summed E-state index contributed by atoms with van der Waals surface area (Å²) in [4.78, 5) is 13.8. The average Bonchev–Trinajstić information content (AvgIpc) is 2.75. The molecule has 3 nitrogen and oxygen atoms in total. The van der Waals surface area contributed by atoms with Crippen molar-refractivity contribution in [2.24, 2.45) is 0 Å². The number of methoxy groups -OCH3 is 1. The molecule has 3 aromatic rings. The van der Waals surface area contributed by atoms with E-state index in [0.29, 0.717) is 18.5 Å². The fraction of sp³-hybridized carbons (Fsp3) is 0.240. The first-order valence-electron chi connectivity index (χ1n) is 9.76. The first kappa shape index (κ1) is 20.6. The summed E-state index contributed by atoms with van der Waals surface area (Å²) >= 11 is 0. The molecule has 0 aliphatic rings. The third-order valence-corrected chi connectivity index (χ3v) is 5.15. The summed E-state index contributed by atoms with van der Waals surface area (Å²) in [5.74, 6) is -0.411. The van der Waals surface area contributed by atoms with Gasteiger partial charge in [-0.1, -0.05) is 61.5 Å². The Morgan fingerprint density at radius 2 is 1.66 bits per heavy atom. The van der Waals surface area contributed by atoms with Crippen LogP contribution >= 0.6 is 0 Å². The Balaban J connectivity index is 1.86. The molecule has 0 unspecified atom stereocenters. The van der Waals surface area contributed by atoms with Gasteiger partial charge in [-0.3, -0.25) is 4.79 Å². The molecule has 150 valence electrons. The molecule has 0 fully saturated rings. The Morgan fingerprint density at radius 1 is 0.966 bits per heavy atom. The number of carbonyl (C=O) groups excluding carboxylic acids is 1. The lowest BCUT2D eigenvalue weighted by Gasteiger charge is -2.22. The zero-order valence-electron chi connectivity index (χ0n) is 17.1. The Labute approximate surface area is 171 Å². The largest absolute Gasteiger partial charge is 0.469 e. The second kappa shape index (κ2) is 9.37. The molecule has 0 heterocycles. The third-order valence-electron chi connectivity index (χ3n) is 5.15. The lowest BCUT2D eigenvalue weighted by atomic mass is 10.00. The monoisotopic (exact) mass is 391 g/mol. The van der Waals surface area contributed by atoms with Crippen molar-refractivity contribution in [2.45, 2.75) is 26.3 Å². The molecule has 0 bridgehead atoms. The molecule has 0 aromatic heterocycles. The van der Waals surface area contributed by atoms with Crippen LogP contribution in [0.15, 0.2) is 66.7 Å². The highest BCUT2D eigenvalue weighted by Gasteiger charge is 2.12. The van der Waals surface area contributed by atoms with Crippen LogP contribution in [-0.4, -0.2) is 20.1 Å². The normalized spacial score (nSPS) is 10.6. The number of carbonyl (C=O) groups is 1. The van der Waals surface area contributed by atoms with Gasteiger partial charge in [0, 0.05) is 24.8 Å². The zero-order chi connectivity index (χ0) is 20.8. The molecule has 0 aliphatic heterocycles. The van der Waals surface area contributed by atoms with E-state index >= 15 is 0 Å². The molecule has 0 amide bonds. The molecule has 0 atom stereocenters. The highest BCUT2D eigenvalue weighted by Crippen LogP contribution is 2.29. The second-order valence-corrected chi connectivity index (χ2v) is 7.06. The predicted octanol–water partition coefficient (Wildman–Crippen LogP) is 5.41. The smallest absolute Gasteiger partial charge is 0.309 e. The van der Waals surface area contributed by atoms with E-state index in [1.807, 2.05) is 80.7 Å². The van der Waals surface area contributed by atoms with Gasteiger partial charge in [0.25, 0.3) is 0 Å². The average molecular weight is 391 g/mol. The summed E-state index contributed by atoms with van der Waals surface area (Å²) in [5, 5.41) is 0. The van der Waals surface area contributed by atoms with Gasteiger partial charge in [-0.2, -0.15) is 0 Å². The van der Waals surface area contributed by atoms with Gasteiger partial charge in [-0.05, 0) is 40.8 Å². The Bertz CT molecular complexity index is 1000. The molecule has 0 N–H and O–H groups in total. The molecule has 0 saturated heterocycles. The third kappa shape index (κ3) is 4.83. The van der Waals surface area contributed by atoms with Gasteiger partial charge in [0.05, 0.1) is 13.5 Å². The van der Waals surface area contributed by atoms with Crippen molar-refractivity contribution in [1.82, 2.24) is 0 Å². The molecular weight excluding hydrogens is 365 g/mol. The highest BCUT2D eigenvalue weighted by atomic mass is 19.1. The van der Waals surface area contributed by atoms with E-state index in [0.717, 1.165) is 27.9 Å². The fourth-order valence-corrected chi connectivity index (χ4v) is 3.45. The molecule has 3 rings (SSSR count). The molecule has 0 spiro atoms. The van der Waals surface area contributed by atoms with E-state index in [1.54, 1.807) is 0 Å². The van der Waals surface area contributed by atoms with Gasteiger partial charge in [0.1, 0.15) is 5.82 Å². The van der Waals surface area contributed by atoms with Gasteiger partial charge >= 0.3 is 5.97 Å². The molecule has 3 aromatic carbocycles. The first-order valence-corrected chi connectivity index (χ1v) is 9.76. The van der Waals surface area contributed by atoms with E-state index in [-0.39, 0.29) is 18.2 Å². The van der Waals surface area contributed by atoms with Crippen LogP contribution in [0.1, 0.15) is 23.6 Å². The van der Waals surface area contributed by atoms with Gasteiger partial charge in [0.15, 0.2) is 0 Å². The quantitative estimate of drug-likeness (QED) is 0.505. The number of anilines is 1. The maximum atomic E-state index is 14.8. The van der Waals surface area contributed by atoms with Gasteiger partial charge in [-0.25, -0.2) is 4.39 Å². The van der Waals surface area contributed by atoms with Crippen molar-refractivity contribution in [3.05, 3.63) is 89.2 Å². The Hall–Kier alpha value is -3.14. The summed E-state index contributed by atoms with van der Waals surface area (Å²) < 4.78 is 19.6. The maximum Gasteiger partial charge on any atom is 0.309 e. The van der Waals surface area contributed by atoms with Gasteiger partial charge in [0.2, 0.25) is 0 Å². The van der Waals surface area contributed by atoms with Gasteiger partial charge in [-0.15, -0.1) is 0 Å². The number of hydrogen-bond donors (Lipinski definition) is 0. The number of aryl methyl sites for hydroxylation is 1. The molecule has 0 aliphatic carbocycles. The van der Waals surface area contributed by atoms with Crippen LogP contribution in [0.2, 0.25) is 0 Å². The van der Waals surface area contributed by atoms with Crippen molar-refractivity contribution in [1.29, 1.82) is 0 Å². The number of rotatable bonds is 7.